The van der Waals surface area contributed by atoms with Gasteiger partial charge in [0.2, 0.25) is 0 Å². The van der Waals surface area contributed by atoms with Gasteiger partial charge in [0.1, 0.15) is 19.0 Å². The third-order valence-corrected chi connectivity index (χ3v) is 5.62. The van der Waals surface area contributed by atoms with Crippen molar-refractivity contribution in [2.75, 3.05) is 119 Å². The van der Waals surface area contributed by atoms with E-state index in [1.165, 1.54) is 12.1 Å². The van der Waals surface area contributed by atoms with Gasteiger partial charge in [-0.15, -0.1) is 0 Å². The fraction of sp³-hybridized carbons (Fsp3) is 0.581. The van der Waals surface area contributed by atoms with Crippen LogP contribution in [-0.2, 0) is 42.6 Å². The lowest BCUT2D eigenvalue weighted by Gasteiger charge is -2.09. The molecule has 0 bridgehead atoms. The highest BCUT2D eigenvalue weighted by atomic mass is 16.6. The van der Waals surface area contributed by atoms with Gasteiger partial charge in [0.05, 0.1) is 116 Å². The fourth-order valence-corrected chi connectivity index (χ4v) is 3.37. The molecule has 0 spiro atoms. The maximum atomic E-state index is 11.8. The zero-order valence-electron chi connectivity index (χ0n) is 25.7. The fourth-order valence-electron chi connectivity index (χ4n) is 3.37. The van der Waals surface area contributed by atoms with Gasteiger partial charge in [0.25, 0.3) is 5.69 Å². The molecule has 0 saturated carbocycles. The first-order chi connectivity index (χ1) is 22.2. The third kappa shape index (κ3) is 21.2. The Morgan fingerprint density at radius 2 is 0.844 bits per heavy atom. The summed E-state index contributed by atoms with van der Waals surface area (Å²) in [6.45, 7) is 7.61. The molecular weight excluding hydrogens is 594 g/mol. The Morgan fingerprint density at radius 1 is 0.489 bits per heavy atom. The van der Waals surface area contributed by atoms with Crippen molar-refractivity contribution in [3.63, 3.8) is 0 Å². The van der Waals surface area contributed by atoms with Crippen LogP contribution < -0.4 is 4.74 Å². The Bertz CT molecular complexity index is 995. The Balaban J connectivity index is 1.19. The van der Waals surface area contributed by atoms with Gasteiger partial charge in [0, 0.05) is 12.1 Å². The van der Waals surface area contributed by atoms with Gasteiger partial charge in [-0.05, 0) is 24.3 Å². The zero-order valence-corrected chi connectivity index (χ0v) is 25.7. The number of benzene rings is 2. The Labute approximate surface area is 263 Å². The minimum Gasteiger partial charge on any atom is -0.491 e. The van der Waals surface area contributed by atoms with Crippen LogP contribution in [0.2, 0.25) is 0 Å². The summed E-state index contributed by atoms with van der Waals surface area (Å²) in [7, 11) is 0. The smallest absolute Gasteiger partial charge is 0.338 e. The number of nitrogens with zero attached hydrogens (tertiary/aromatic N) is 1. The predicted octanol–water partition coefficient (Wildman–Crippen LogP) is 2.96. The van der Waals surface area contributed by atoms with E-state index in [0.717, 1.165) is 0 Å². The van der Waals surface area contributed by atoms with Gasteiger partial charge >= 0.3 is 5.97 Å². The first-order valence-electron chi connectivity index (χ1n) is 14.9. The van der Waals surface area contributed by atoms with Gasteiger partial charge in [0.15, 0.2) is 0 Å². The molecule has 0 atom stereocenters. The van der Waals surface area contributed by atoms with Crippen molar-refractivity contribution in [2.45, 2.75) is 0 Å². The lowest BCUT2D eigenvalue weighted by Crippen LogP contribution is -2.15. The first-order valence-corrected chi connectivity index (χ1v) is 14.9. The molecule has 14 heteroatoms. The lowest BCUT2D eigenvalue weighted by molar-refractivity contribution is -0.384. The Morgan fingerprint density at radius 3 is 1.22 bits per heavy atom. The van der Waals surface area contributed by atoms with Crippen LogP contribution in [0.15, 0.2) is 54.6 Å². The van der Waals surface area contributed by atoms with Crippen molar-refractivity contribution < 1.29 is 57.1 Å². The van der Waals surface area contributed by atoms with E-state index in [0.29, 0.717) is 124 Å². The molecule has 0 aromatic heterocycles. The second kappa shape index (κ2) is 27.1. The van der Waals surface area contributed by atoms with Crippen molar-refractivity contribution in [3.05, 3.63) is 70.3 Å². The summed E-state index contributed by atoms with van der Waals surface area (Å²) >= 11 is 0. The average molecular weight is 640 g/mol. The summed E-state index contributed by atoms with van der Waals surface area (Å²) in [5.41, 5.74) is 0.541. The molecule has 2 rings (SSSR count). The second-order valence-corrected chi connectivity index (χ2v) is 9.00. The van der Waals surface area contributed by atoms with Gasteiger partial charge in [-0.2, -0.15) is 0 Å². The first kappa shape index (κ1) is 38.0. The van der Waals surface area contributed by atoms with Crippen LogP contribution in [-0.4, -0.2) is 130 Å². The van der Waals surface area contributed by atoms with Crippen molar-refractivity contribution in [3.8, 4) is 5.75 Å². The summed E-state index contributed by atoms with van der Waals surface area (Å²) in [6.07, 6.45) is 0. The van der Waals surface area contributed by atoms with Crippen LogP contribution in [0.5, 0.6) is 5.75 Å². The van der Waals surface area contributed by atoms with Crippen LogP contribution in [0.1, 0.15) is 10.4 Å². The van der Waals surface area contributed by atoms with E-state index in [1.54, 1.807) is 36.4 Å². The minimum atomic E-state index is -0.455. The monoisotopic (exact) mass is 639 g/mol. The summed E-state index contributed by atoms with van der Waals surface area (Å²) in [5.74, 6) is 0.189. The number of esters is 1. The molecule has 0 N–H and O–H groups in total. The largest absolute Gasteiger partial charge is 0.491 e. The van der Waals surface area contributed by atoms with Gasteiger partial charge < -0.3 is 47.4 Å². The van der Waals surface area contributed by atoms with E-state index in [2.05, 4.69) is 0 Å². The van der Waals surface area contributed by atoms with E-state index in [-0.39, 0.29) is 18.3 Å². The van der Waals surface area contributed by atoms with Crippen molar-refractivity contribution in [1.82, 2.24) is 0 Å². The molecule has 0 saturated heterocycles. The topological polar surface area (TPSA) is 153 Å². The van der Waals surface area contributed by atoms with Crippen LogP contribution in [0.3, 0.4) is 0 Å². The highest BCUT2D eigenvalue weighted by molar-refractivity contribution is 5.89. The summed E-state index contributed by atoms with van der Waals surface area (Å²) in [4.78, 5) is 21.9. The Hall–Kier alpha value is -3.21. The normalized spacial score (nSPS) is 11.0. The third-order valence-electron chi connectivity index (χ3n) is 5.62. The van der Waals surface area contributed by atoms with Gasteiger partial charge in [-0.3, -0.25) is 10.1 Å². The quantitative estimate of drug-likeness (QED) is 0.0533. The molecule has 45 heavy (non-hydrogen) atoms. The number of rotatable bonds is 30. The van der Waals surface area contributed by atoms with E-state index < -0.39 is 4.92 Å². The second-order valence-electron chi connectivity index (χ2n) is 9.00. The molecule has 0 fully saturated rings. The molecule has 14 nitrogen and oxygen atoms in total. The zero-order chi connectivity index (χ0) is 32.0. The van der Waals surface area contributed by atoms with Crippen molar-refractivity contribution in [2.24, 2.45) is 0 Å². The Kier molecular flexibility index (Phi) is 22.9. The summed E-state index contributed by atoms with van der Waals surface area (Å²) in [5, 5.41) is 10.6. The van der Waals surface area contributed by atoms with Crippen LogP contribution in [0.4, 0.5) is 5.69 Å². The van der Waals surface area contributed by atoms with Crippen molar-refractivity contribution >= 4 is 11.7 Å². The molecule has 2 aromatic carbocycles. The number of non-ortho nitro benzene ring substituents is 1. The molecule has 0 radical (unpaired) electrons. The van der Waals surface area contributed by atoms with Crippen molar-refractivity contribution in [1.29, 1.82) is 0 Å². The number of ether oxygens (including phenoxy) is 10. The molecule has 2 aromatic rings. The van der Waals surface area contributed by atoms with E-state index in [4.69, 9.17) is 47.4 Å². The van der Waals surface area contributed by atoms with Crippen LogP contribution in [0.25, 0.3) is 0 Å². The van der Waals surface area contributed by atoms with E-state index in [9.17, 15) is 14.9 Å². The van der Waals surface area contributed by atoms with Gasteiger partial charge in [-0.25, -0.2) is 4.79 Å². The summed E-state index contributed by atoms with van der Waals surface area (Å²) in [6, 6.07) is 14.7. The van der Waals surface area contributed by atoms with E-state index in [1.807, 2.05) is 6.07 Å². The molecule has 252 valence electrons. The standard InChI is InChI=1S/C31H45NO13/c33-31(28-4-2-1-3-5-28)45-27-25-43-23-21-41-19-17-39-15-13-37-11-10-36-12-14-38-16-18-40-20-22-42-24-26-44-30-8-6-29(7-9-30)32(34)35/h1-9H,10-27H2. The van der Waals surface area contributed by atoms with Crippen LogP contribution >= 0.6 is 0 Å². The number of carbonyl (C=O) groups is 1. The number of nitro groups is 1. The number of hydrogen-bond donors (Lipinski definition) is 0. The number of nitro benzene ring substituents is 1. The van der Waals surface area contributed by atoms with Crippen LogP contribution in [0, 0.1) is 10.1 Å². The molecule has 0 aliphatic rings. The van der Waals surface area contributed by atoms with Gasteiger partial charge in [-0.1, -0.05) is 18.2 Å². The van der Waals surface area contributed by atoms with E-state index >= 15 is 0 Å². The molecule has 0 unspecified atom stereocenters. The lowest BCUT2D eigenvalue weighted by atomic mass is 10.2. The molecular formula is C31H45NO13. The highest BCUT2D eigenvalue weighted by Crippen LogP contribution is 2.17. The molecule has 0 aliphatic carbocycles. The number of hydrogen-bond acceptors (Lipinski definition) is 13. The maximum absolute atomic E-state index is 11.8. The molecule has 0 amide bonds. The predicted molar refractivity (Wildman–Crippen MR) is 162 cm³/mol. The number of carbonyl (C=O) groups excluding carboxylic acids is 1. The maximum Gasteiger partial charge on any atom is 0.338 e. The SMILES string of the molecule is O=C(OCCOCCOCCOCCOCCOCCOCCOCCOCCOc1ccc([N+](=O)[O-])cc1)c1ccccc1. The minimum absolute atomic E-state index is 0.0223. The molecule has 0 heterocycles. The highest BCUT2D eigenvalue weighted by Gasteiger charge is 2.05. The molecule has 0 aliphatic heterocycles. The average Bonchev–Trinajstić information content (AvgIpc) is 3.06. The summed E-state index contributed by atoms with van der Waals surface area (Å²) < 4.78 is 54.0.